The van der Waals surface area contributed by atoms with Crippen LogP contribution < -0.4 is 0 Å². The molecule has 1 N–H and O–H groups in total. The highest BCUT2D eigenvalue weighted by atomic mass is 16.1. The summed E-state index contributed by atoms with van der Waals surface area (Å²) in [5.41, 5.74) is 4.48. The lowest BCUT2D eigenvalue weighted by molar-refractivity contribution is 0.0994. The fraction of sp³-hybridized carbons (Fsp3) is 0.105. The number of para-hydroxylation sites is 1. The Morgan fingerprint density at radius 3 is 2.48 bits per heavy atom. The van der Waals surface area contributed by atoms with Crippen molar-refractivity contribution in [3.05, 3.63) is 59.7 Å². The molecule has 2 nitrogen and oxygen atoms in total. The van der Waals surface area contributed by atoms with E-state index in [2.05, 4.69) is 47.4 Å². The molecule has 1 aliphatic carbocycles. The number of H-pyrrole nitrogens is 1. The van der Waals surface area contributed by atoms with E-state index in [1.807, 2.05) is 6.07 Å². The highest BCUT2D eigenvalue weighted by molar-refractivity contribution is 6.19. The summed E-state index contributed by atoms with van der Waals surface area (Å²) in [6.07, 6.45) is 1.52. The fourth-order valence-corrected chi connectivity index (χ4v) is 3.69. The van der Waals surface area contributed by atoms with Crippen molar-refractivity contribution in [1.82, 2.24) is 4.98 Å². The van der Waals surface area contributed by atoms with Crippen LogP contribution in [-0.2, 0) is 6.42 Å². The number of nitrogens with one attached hydrogen (secondary N) is 1. The first-order valence-corrected chi connectivity index (χ1v) is 7.31. The zero-order valence-electron chi connectivity index (χ0n) is 11.4. The maximum atomic E-state index is 11.9. The molecule has 1 aromatic heterocycles. The van der Waals surface area contributed by atoms with E-state index in [1.165, 1.54) is 32.6 Å². The number of aromatic nitrogens is 1. The van der Waals surface area contributed by atoms with E-state index in [9.17, 15) is 4.79 Å². The van der Waals surface area contributed by atoms with Crippen LogP contribution in [-0.4, -0.2) is 10.8 Å². The molecule has 0 atom stereocenters. The molecule has 0 unspecified atom stereocenters. The Bertz CT molecular complexity index is 1060. The normalized spacial score (nSPS) is 14.4. The maximum absolute atomic E-state index is 11.9. The Morgan fingerprint density at radius 2 is 1.52 bits per heavy atom. The molecular formula is C19H13NO. The number of ketones is 1. The molecule has 0 amide bonds. The molecule has 0 fully saturated rings. The summed E-state index contributed by atoms with van der Waals surface area (Å²) in [7, 11) is 0. The van der Waals surface area contributed by atoms with E-state index in [1.54, 1.807) is 0 Å². The highest BCUT2D eigenvalue weighted by Crippen LogP contribution is 2.36. The van der Waals surface area contributed by atoms with Crippen LogP contribution in [0.25, 0.3) is 32.6 Å². The van der Waals surface area contributed by atoms with E-state index in [0.29, 0.717) is 6.42 Å². The first-order chi connectivity index (χ1) is 10.3. The molecule has 3 aromatic carbocycles. The standard InChI is InChI=1S/C19H13NO/c21-18-10-9-11-12-5-7-16-13-3-1-2-4-17(13)20-19(16)15(12)8-6-14(11)18/h1-8,20H,9-10H2. The van der Waals surface area contributed by atoms with Crippen molar-refractivity contribution < 1.29 is 4.79 Å². The first kappa shape index (κ1) is 11.1. The molecule has 5 rings (SSSR count). The zero-order chi connectivity index (χ0) is 14.0. The van der Waals surface area contributed by atoms with Gasteiger partial charge in [0, 0.05) is 33.7 Å². The number of hydrogen-bond donors (Lipinski definition) is 1. The molecule has 0 radical (unpaired) electrons. The van der Waals surface area contributed by atoms with Crippen molar-refractivity contribution in [1.29, 1.82) is 0 Å². The van der Waals surface area contributed by atoms with Gasteiger partial charge in [-0.2, -0.15) is 0 Å². The third-order valence-corrected chi connectivity index (χ3v) is 4.69. The van der Waals surface area contributed by atoms with Crippen LogP contribution >= 0.6 is 0 Å². The molecular weight excluding hydrogens is 258 g/mol. The third-order valence-electron chi connectivity index (χ3n) is 4.69. The van der Waals surface area contributed by atoms with Gasteiger partial charge in [0.1, 0.15) is 0 Å². The Morgan fingerprint density at radius 1 is 0.762 bits per heavy atom. The highest BCUT2D eigenvalue weighted by Gasteiger charge is 2.22. The largest absolute Gasteiger partial charge is 0.354 e. The molecule has 0 bridgehead atoms. The van der Waals surface area contributed by atoms with Crippen LogP contribution in [0.3, 0.4) is 0 Å². The Labute approximate surface area is 121 Å². The number of carbonyl (C=O) groups is 1. The van der Waals surface area contributed by atoms with Gasteiger partial charge in [-0.15, -0.1) is 0 Å². The second-order valence-corrected chi connectivity index (χ2v) is 5.77. The predicted octanol–water partition coefficient (Wildman–Crippen LogP) is 4.60. The van der Waals surface area contributed by atoms with Gasteiger partial charge in [-0.25, -0.2) is 0 Å². The number of aryl methyl sites for hydroxylation is 1. The van der Waals surface area contributed by atoms with Crippen molar-refractivity contribution in [2.24, 2.45) is 0 Å². The van der Waals surface area contributed by atoms with E-state index in [0.717, 1.165) is 17.5 Å². The molecule has 0 aliphatic heterocycles. The van der Waals surface area contributed by atoms with Gasteiger partial charge in [0.15, 0.2) is 5.78 Å². The van der Waals surface area contributed by atoms with Crippen LogP contribution in [0.5, 0.6) is 0 Å². The van der Waals surface area contributed by atoms with Gasteiger partial charge < -0.3 is 4.98 Å². The van der Waals surface area contributed by atoms with Crippen LogP contribution in [0.4, 0.5) is 0 Å². The molecule has 2 heteroatoms. The number of benzene rings is 3. The molecule has 1 aliphatic rings. The smallest absolute Gasteiger partial charge is 0.163 e. The van der Waals surface area contributed by atoms with Crippen LogP contribution in [0.2, 0.25) is 0 Å². The lowest BCUT2D eigenvalue weighted by Gasteiger charge is -2.05. The Hall–Kier alpha value is -2.61. The van der Waals surface area contributed by atoms with Gasteiger partial charge in [-0.1, -0.05) is 42.5 Å². The third kappa shape index (κ3) is 1.34. The van der Waals surface area contributed by atoms with Gasteiger partial charge in [0.05, 0.1) is 5.52 Å². The molecule has 0 spiro atoms. The molecule has 4 aromatic rings. The average molecular weight is 271 g/mol. The van der Waals surface area contributed by atoms with Crippen LogP contribution in [0, 0.1) is 0 Å². The minimum absolute atomic E-state index is 0.281. The van der Waals surface area contributed by atoms with Gasteiger partial charge in [-0.05, 0) is 23.4 Å². The Kier molecular flexibility index (Phi) is 1.97. The van der Waals surface area contributed by atoms with Gasteiger partial charge in [0.25, 0.3) is 0 Å². The number of carbonyl (C=O) groups excluding carboxylic acids is 1. The van der Waals surface area contributed by atoms with Gasteiger partial charge >= 0.3 is 0 Å². The summed E-state index contributed by atoms with van der Waals surface area (Å²) in [5.74, 6) is 0.281. The lowest BCUT2D eigenvalue weighted by atomic mass is 9.98. The summed E-state index contributed by atoms with van der Waals surface area (Å²) in [4.78, 5) is 15.4. The van der Waals surface area contributed by atoms with E-state index >= 15 is 0 Å². The van der Waals surface area contributed by atoms with Crippen molar-refractivity contribution in [2.75, 3.05) is 0 Å². The topological polar surface area (TPSA) is 32.9 Å². The first-order valence-electron chi connectivity index (χ1n) is 7.31. The van der Waals surface area contributed by atoms with Crippen LogP contribution in [0.15, 0.2) is 48.5 Å². The predicted molar refractivity (Wildman–Crippen MR) is 86.0 cm³/mol. The summed E-state index contributed by atoms with van der Waals surface area (Å²) in [6.45, 7) is 0. The summed E-state index contributed by atoms with van der Waals surface area (Å²) < 4.78 is 0. The van der Waals surface area contributed by atoms with Crippen molar-refractivity contribution in [3.8, 4) is 0 Å². The maximum Gasteiger partial charge on any atom is 0.163 e. The SMILES string of the molecule is O=C1CCc2c1ccc1c2ccc2c3ccccc3[nH]c12. The molecule has 1 heterocycles. The van der Waals surface area contributed by atoms with E-state index in [4.69, 9.17) is 0 Å². The molecule has 100 valence electrons. The quantitative estimate of drug-likeness (QED) is 0.498. The second kappa shape index (κ2) is 3.73. The fourth-order valence-electron chi connectivity index (χ4n) is 3.69. The number of rotatable bonds is 0. The summed E-state index contributed by atoms with van der Waals surface area (Å²) >= 11 is 0. The van der Waals surface area contributed by atoms with Crippen molar-refractivity contribution in [2.45, 2.75) is 12.8 Å². The molecule has 0 saturated heterocycles. The number of Topliss-reactive ketones (excluding diaryl/α,β-unsaturated/α-hetero) is 1. The zero-order valence-corrected chi connectivity index (χ0v) is 11.4. The van der Waals surface area contributed by atoms with Gasteiger partial charge in [-0.3, -0.25) is 4.79 Å². The Balaban J connectivity index is 1.99. The molecule has 0 saturated carbocycles. The van der Waals surface area contributed by atoms with E-state index in [-0.39, 0.29) is 5.78 Å². The number of fused-ring (bicyclic) bond motifs is 7. The van der Waals surface area contributed by atoms with Gasteiger partial charge in [0.2, 0.25) is 0 Å². The average Bonchev–Trinajstić information content (AvgIpc) is 3.08. The van der Waals surface area contributed by atoms with E-state index < -0.39 is 0 Å². The minimum Gasteiger partial charge on any atom is -0.354 e. The van der Waals surface area contributed by atoms with Crippen molar-refractivity contribution >= 4 is 38.4 Å². The second-order valence-electron chi connectivity index (χ2n) is 5.77. The number of hydrogen-bond acceptors (Lipinski definition) is 1. The monoisotopic (exact) mass is 271 g/mol. The summed E-state index contributed by atoms with van der Waals surface area (Å²) in [6, 6.07) is 16.8. The minimum atomic E-state index is 0.281. The van der Waals surface area contributed by atoms with Crippen molar-refractivity contribution in [3.63, 3.8) is 0 Å². The number of aromatic amines is 1. The summed E-state index contributed by atoms with van der Waals surface area (Å²) in [5, 5.41) is 4.95. The van der Waals surface area contributed by atoms with Crippen LogP contribution in [0.1, 0.15) is 22.3 Å². The lowest BCUT2D eigenvalue weighted by Crippen LogP contribution is -1.91. The molecule has 21 heavy (non-hydrogen) atoms.